The molecule has 1 N–H and O–H groups in total. The Balaban J connectivity index is 1.44. The van der Waals surface area contributed by atoms with Gasteiger partial charge >= 0.3 is 0 Å². The van der Waals surface area contributed by atoms with Crippen molar-refractivity contribution in [1.29, 1.82) is 0 Å². The van der Waals surface area contributed by atoms with Crippen molar-refractivity contribution in [2.45, 2.75) is 77.0 Å². The summed E-state index contributed by atoms with van der Waals surface area (Å²) in [6.07, 6.45) is 5.73. The number of nitrogens with zero attached hydrogens (tertiary/aromatic N) is 3. The summed E-state index contributed by atoms with van der Waals surface area (Å²) in [7, 11) is 0. The zero-order valence-corrected chi connectivity index (χ0v) is 16.0. The number of likely N-dealkylation sites (tertiary alicyclic amines) is 1. The van der Waals surface area contributed by atoms with Crippen LogP contribution in [-0.2, 0) is 9.59 Å². The largest absolute Gasteiger partial charge is 0.352 e. The lowest BCUT2D eigenvalue weighted by molar-refractivity contribution is -0.139. The van der Waals surface area contributed by atoms with Gasteiger partial charge in [-0.2, -0.15) is 0 Å². The molecule has 2 heterocycles. The van der Waals surface area contributed by atoms with Crippen LogP contribution in [0.1, 0.15) is 52.9 Å². The third-order valence-corrected chi connectivity index (χ3v) is 6.10. The summed E-state index contributed by atoms with van der Waals surface area (Å²) in [5, 5.41) is 3.09. The second-order valence-corrected chi connectivity index (χ2v) is 8.20. The first-order chi connectivity index (χ1) is 12.0. The van der Waals surface area contributed by atoms with Crippen LogP contribution >= 0.6 is 0 Å². The van der Waals surface area contributed by atoms with Gasteiger partial charge in [0.2, 0.25) is 11.8 Å². The van der Waals surface area contributed by atoms with E-state index >= 15 is 0 Å². The van der Waals surface area contributed by atoms with Crippen LogP contribution in [0.4, 0.5) is 0 Å². The van der Waals surface area contributed by atoms with Gasteiger partial charge in [-0.25, -0.2) is 0 Å². The van der Waals surface area contributed by atoms with E-state index in [-0.39, 0.29) is 17.9 Å². The summed E-state index contributed by atoms with van der Waals surface area (Å²) in [4.78, 5) is 31.5. The molecular weight excluding hydrogens is 316 g/mol. The number of carbonyl (C=O) groups excluding carboxylic acids is 2. The van der Waals surface area contributed by atoms with E-state index in [0.717, 1.165) is 51.9 Å². The zero-order chi connectivity index (χ0) is 18.0. The Morgan fingerprint density at radius 1 is 1.00 bits per heavy atom. The fourth-order valence-corrected chi connectivity index (χ4v) is 4.21. The fraction of sp³-hybridized carbons (Fsp3) is 0.895. The highest BCUT2D eigenvalue weighted by Gasteiger charge is 2.32. The first-order valence-corrected chi connectivity index (χ1v) is 10.0. The average Bonchev–Trinajstić information content (AvgIpc) is 3.38. The lowest BCUT2D eigenvalue weighted by Gasteiger charge is -2.42. The summed E-state index contributed by atoms with van der Waals surface area (Å²) in [5.74, 6) is 0.427. The van der Waals surface area contributed by atoms with E-state index in [1.165, 1.54) is 6.42 Å². The molecule has 25 heavy (non-hydrogen) atoms. The minimum atomic E-state index is -0.0689. The summed E-state index contributed by atoms with van der Waals surface area (Å²) >= 11 is 0. The quantitative estimate of drug-likeness (QED) is 0.806. The molecule has 0 aromatic rings. The Morgan fingerprint density at radius 3 is 2.16 bits per heavy atom. The van der Waals surface area contributed by atoms with Gasteiger partial charge in [0.25, 0.3) is 0 Å². The van der Waals surface area contributed by atoms with Gasteiger partial charge in [0.15, 0.2) is 0 Å². The Hall–Kier alpha value is -1.14. The minimum absolute atomic E-state index is 0.0689. The highest BCUT2D eigenvalue weighted by Crippen LogP contribution is 2.23. The van der Waals surface area contributed by atoms with E-state index in [9.17, 15) is 9.59 Å². The summed E-state index contributed by atoms with van der Waals surface area (Å²) in [6, 6.07) is 1.08. The van der Waals surface area contributed by atoms with Gasteiger partial charge in [0.05, 0.1) is 12.6 Å². The van der Waals surface area contributed by atoms with Gasteiger partial charge < -0.3 is 10.2 Å². The fourth-order valence-electron chi connectivity index (χ4n) is 4.21. The van der Waals surface area contributed by atoms with Crippen LogP contribution < -0.4 is 5.32 Å². The van der Waals surface area contributed by atoms with Crippen molar-refractivity contribution in [3.63, 3.8) is 0 Å². The summed E-state index contributed by atoms with van der Waals surface area (Å²) in [6.45, 7) is 10.3. The van der Waals surface area contributed by atoms with Crippen LogP contribution in [0.15, 0.2) is 0 Å². The third kappa shape index (κ3) is 4.73. The van der Waals surface area contributed by atoms with E-state index in [1.54, 1.807) is 0 Å². The number of carbonyl (C=O) groups is 2. The lowest BCUT2D eigenvalue weighted by atomic mass is 9.97. The Kier molecular flexibility index (Phi) is 6.00. The molecule has 0 aromatic carbocycles. The topological polar surface area (TPSA) is 55.9 Å². The van der Waals surface area contributed by atoms with Crippen LogP contribution in [0, 0.1) is 0 Å². The molecule has 6 nitrogen and oxygen atoms in total. The maximum absolute atomic E-state index is 12.7. The highest BCUT2D eigenvalue weighted by atomic mass is 16.2. The second kappa shape index (κ2) is 8.04. The van der Waals surface area contributed by atoms with Crippen LogP contribution in [0.25, 0.3) is 0 Å². The van der Waals surface area contributed by atoms with E-state index in [0.29, 0.717) is 24.7 Å². The van der Waals surface area contributed by atoms with E-state index < -0.39 is 0 Å². The molecule has 0 bridgehead atoms. The van der Waals surface area contributed by atoms with Gasteiger partial charge in [0.1, 0.15) is 0 Å². The molecule has 6 heteroatoms. The van der Waals surface area contributed by atoms with Crippen LogP contribution in [0.5, 0.6) is 0 Å². The molecule has 2 saturated heterocycles. The number of piperidine rings is 1. The van der Waals surface area contributed by atoms with E-state index in [4.69, 9.17) is 0 Å². The predicted molar refractivity (Wildman–Crippen MR) is 98.3 cm³/mol. The van der Waals surface area contributed by atoms with Crippen LogP contribution in [-0.4, -0.2) is 83.4 Å². The predicted octanol–water partition coefficient (Wildman–Crippen LogP) is 1.06. The molecule has 3 fully saturated rings. The summed E-state index contributed by atoms with van der Waals surface area (Å²) in [5.41, 5.74) is 0. The van der Waals surface area contributed by atoms with Crippen molar-refractivity contribution >= 4 is 11.8 Å². The molecule has 1 aliphatic carbocycles. The molecule has 3 unspecified atom stereocenters. The number of rotatable bonds is 5. The smallest absolute Gasteiger partial charge is 0.237 e. The normalized spacial score (nSPS) is 30.1. The number of amides is 2. The standard InChI is InChI=1S/C19H34N4O2/c1-14-5-4-6-15(2)23(14)18(24)13-21-9-11-22(12-10-21)16(3)19(25)20-17-7-8-17/h14-17H,4-13H2,1-3H3,(H,20,25). The van der Waals surface area contributed by atoms with Crippen molar-refractivity contribution < 1.29 is 9.59 Å². The molecule has 3 atom stereocenters. The maximum Gasteiger partial charge on any atom is 0.237 e. The molecule has 2 amide bonds. The second-order valence-electron chi connectivity index (χ2n) is 8.20. The van der Waals surface area contributed by atoms with E-state index in [2.05, 4.69) is 33.9 Å². The van der Waals surface area contributed by atoms with Crippen molar-refractivity contribution in [3.8, 4) is 0 Å². The number of hydrogen-bond donors (Lipinski definition) is 1. The molecule has 2 aliphatic heterocycles. The SMILES string of the molecule is CC(C(=O)NC1CC1)N1CCN(CC(=O)N2C(C)CCCC2C)CC1. The molecule has 3 aliphatic rings. The first-order valence-electron chi connectivity index (χ1n) is 10.0. The zero-order valence-electron chi connectivity index (χ0n) is 16.0. The Labute approximate surface area is 151 Å². The monoisotopic (exact) mass is 350 g/mol. The van der Waals surface area contributed by atoms with Gasteiger partial charge in [-0.3, -0.25) is 19.4 Å². The molecule has 1 saturated carbocycles. The molecule has 142 valence electrons. The van der Waals surface area contributed by atoms with Gasteiger partial charge in [-0.05, 0) is 52.9 Å². The first kappa shape index (κ1) is 18.6. The Bertz CT molecular complexity index is 476. The van der Waals surface area contributed by atoms with Crippen LogP contribution in [0.3, 0.4) is 0 Å². The molecule has 0 radical (unpaired) electrons. The van der Waals surface area contributed by atoms with E-state index in [1.807, 2.05) is 6.92 Å². The molecular formula is C19H34N4O2. The third-order valence-electron chi connectivity index (χ3n) is 6.10. The molecule has 0 spiro atoms. The number of piperazine rings is 1. The minimum Gasteiger partial charge on any atom is -0.352 e. The number of hydrogen-bond acceptors (Lipinski definition) is 4. The summed E-state index contributed by atoms with van der Waals surface area (Å²) < 4.78 is 0. The van der Waals surface area contributed by atoms with Gasteiger partial charge in [0, 0.05) is 44.3 Å². The van der Waals surface area contributed by atoms with Gasteiger partial charge in [-0.15, -0.1) is 0 Å². The number of nitrogens with one attached hydrogen (secondary N) is 1. The maximum atomic E-state index is 12.7. The molecule has 0 aromatic heterocycles. The van der Waals surface area contributed by atoms with Crippen molar-refractivity contribution in [2.24, 2.45) is 0 Å². The Morgan fingerprint density at radius 2 is 1.60 bits per heavy atom. The van der Waals surface area contributed by atoms with Gasteiger partial charge in [-0.1, -0.05) is 0 Å². The van der Waals surface area contributed by atoms with Crippen molar-refractivity contribution in [2.75, 3.05) is 32.7 Å². The van der Waals surface area contributed by atoms with Crippen LogP contribution in [0.2, 0.25) is 0 Å². The average molecular weight is 351 g/mol. The molecule has 3 rings (SSSR count). The lowest BCUT2D eigenvalue weighted by Crippen LogP contribution is -2.57. The van der Waals surface area contributed by atoms with Crippen molar-refractivity contribution in [1.82, 2.24) is 20.0 Å². The highest BCUT2D eigenvalue weighted by molar-refractivity contribution is 5.82. The van der Waals surface area contributed by atoms with Crippen molar-refractivity contribution in [3.05, 3.63) is 0 Å².